The summed E-state index contributed by atoms with van der Waals surface area (Å²) in [6, 6.07) is 11.6. The van der Waals surface area contributed by atoms with Crippen LogP contribution in [0.25, 0.3) is 0 Å². The number of amides is 1. The van der Waals surface area contributed by atoms with Crippen LogP contribution in [0.3, 0.4) is 0 Å². The van der Waals surface area contributed by atoms with Crippen molar-refractivity contribution in [3.63, 3.8) is 0 Å². The van der Waals surface area contributed by atoms with Crippen molar-refractivity contribution in [1.82, 2.24) is 10.2 Å². The molecule has 2 aromatic rings. The fourth-order valence-corrected chi connectivity index (χ4v) is 5.53. The molecule has 0 radical (unpaired) electrons. The fourth-order valence-electron chi connectivity index (χ4n) is 4.14. The molecule has 2 heterocycles. The molecule has 0 unspecified atom stereocenters. The lowest BCUT2D eigenvalue weighted by atomic mass is 9.87. The number of sulfonamides is 1. The standard InChI is InChI=1S/C21H23FN2O6S/c22-15-3-1-14(2-4-15)13-29-16-7-9-19(10-8-16)31(27,28)24-21(20(25)23-26)11-17-5-6-18(12-21)30-17/h1-4,7-10,17-18,24,26H,5-6,11-13H2,(H,23,25)/t17-,18+,21-. The van der Waals surface area contributed by atoms with Crippen LogP contribution in [-0.4, -0.2) is 37.3 Å². The lowest BCUT2D eigenvalue weighted by molar-refractivity contribution is -0.142. The zero-order chi connectivity index (χ0) is 22.1. The summed E-state index contributed by atoms with van der Waals surface area (Å²) in [6.07, 6.45) is 1.31. The molecule has 3 N–H and O–H groups in total. The summed E-state index contributed by atoms with van der Waals surface area (Å²) < 4.78 is 52.8. The van der Waals surface area contributed by atoms with Gasteiger partial charge in [-0.2, -0.15) is 4.72 Å². The molecule has 2 bridgehead atoms. The molecule has 166 valence electrons. The van der Waals surface area contributed by atoms with Gasteiger partial charge in [0.1, 0.15) is 23.7 Å². The van der Waals surface area contributed by atoms with Gasteiger partial charge >= 0.3 is 0 Å². The van der Waals surface area contributed by atoms with Crippen LogP contribution in [0.5, 0.6) is 5.75 Å². The Kier molecular flexibility index (Phi) is 5.98. The zero-order valence-corrected chi connectivity index (χ0v) is 17.4. The Morgan fingerprint density at radius 2 is 1.71 bits per heavy atom. The van der Waals surface area contributed by atoms with Crippen LogP contribution in [0.15, 0.2) is 53.4 Å². The fraction of sp³-hybridized carbons (Fsp3) is 0.381. The van der Waals surface area contributed by atoms with Gasteiger partial charge in [-0.3, -0.25) is 10.0 Å². The van der Waals surface area contributed by atoms with E-state index in [4.69, 9.17) is 9.47 Å². The van der Waals surface area contributed by atoms with E-state index in [1.807, 2.05) is 0 Å². The van der Waals surface area contributed by atoms with Gasteiger partial charge in [0.05, 0.1) is 17.1 Å². The summed E-state index contributed by atoms with van der Waals surface area (Å²) in [5, 5.41) is 9.20. The molecule has 0 saturated carbocycles. The van der Waals surface area contributed by atoms with E-state index >= 15 is 0 Å². The second-order valence-electron chi connectivity index (χ2n) is 7.88. The molecule has 2 aliphatic rings. The van der Waals surface area contributed by atoms with E-state index in [-0.39, 0.29) is 42.4 Å². The number of hydrogen-bond donors (Lipinski definition) is 3. The molecule has 2 aromatic carbocycles. The molecule has 2 fully saturated rings. The summed E-state index contributed by atoms with van der Waals surface area (Å²) >= 11 is 0. The minimum atomic E-state index is -4.06. The van der Waals surface area contributed by atoms with Crippen molar-refractivity contribution in [2.45, 2.75) is 54.9 Å². The second kappa shape index (κ2) is 8.54. The predicted octanol–water partition coefficient (Wildman–Crippen LogP) is 2.27. The average Bonchev–Trinajstić information content (AvgIpc) is 3.11. The van der Waals surface area contributed by atoms with Crippen molar-refractivity contribution >= 4 is 15.9 Å². The quantitative estimate of drug-likeness (QED) is 0.441. The van der Waals surface area contributed by atoms with Gasteiger partial charge in [0.15, 0.2) is 0 Å². The van der Waals surface area contributed by atoms with Gasteiger partial charge in [0, 0.05) is 12.8 Å². The molecule has 0 spiro atoms. The van der Waals surface area contributed by atoms with E-state index < -0.39 is 21.5 Å². The van der Waals surface area contributed by atoms with E-state index in [0.717, 1.165) is 18.4 Å². The number of nitrogens with one attached hydrogen (secondary N) is 2. The van der Waals surface area contributed by atoms with E-state index in [9.17, 15) is 22.8 Å². The van der Waals surface area contributed by atoms with Crippen molar-refractivity contribution in [3.8, 4) is 5.75 Å². The highest BCUT2D eigenvalue weighted by atomic mass is 32.2. The number of fused-ring (bicyclic) bond motifs is 2. The number of hydrogen-bond acceptors (Lipinski definition) is 6. The molecule has 0 aromatic heterocycles. The molecule has 2 saturated heterocycles. The van der Waals surface area contributed by atoms with Crippen molar-refractivity contribution in [3.05, 3.63) is 59.9 Å². The van der Waals surface area contributed by atoms with Crippen LogP contribution >= 0.6 is 0 Å². The molecule has 31 heavy (non-hydrogen) atoms. The third-order valence-electron chi connectivity index (χ3n) is 5.67. The van der Waals surface area contributed by atoms with Gasteiger partial charge in [0.2, 0.25) is 10.0 Å². The number of halogens is 1. The molecule has 4 rings (SSSR count). The third-order valence-corrected chi connectivity index (χ3v) is 7.22. The molecule has 1 amide bonds. The average molecular weight is 450 g/mol. The van der Waals surface area contributed by atoms with E-state index in [2.05, 4.69) is 4.72 Å². The smallest absolute Gasteiger partial charge is 0.264 e. The number of carbonyl (C=O) groups is 1. The molecule has 2 aliphatic heterocycles. The molecular weight excluding hydrogens is 427 g/mol. The van der Waals surface area contributed by atoms with Gasteiger partial charge in [-0.1, -0.05) is 12.1 Å². The summed E-state index contributed by atoms with van der Waals surface area (Å²) in [4.78, 5) is 12.4. The Morgan fingerprint density at radius 3 is 2.29 bits per heavy atom. The maximum Gasteiger partial charge on any atom is 0.264 e. The molecular formula is C21H23FN2O6S. The lowest BCUT2D eigenvalue weighted by Crippen LogP contribution is -2.62. The van der Waals surface area contributed by atoms with Crippen LogP contribution < -0.4 is 14.9 Å². The van der Waals surface area contributed by atoms with Gasteiger partial charge in [0.25, 0.3) is 5.91 Å². The highest BCUT2D eigenvalue weighted by molar-refractivity contribution is 7.89. The van der Waals surface area contributed by atoms with E-state index in [1.165, 1.54) is 36.4 Å². The zero-order valence-electron chi connectivity index (χ0n) is 16.6. The number of hydroxylamine groups is 1. The Labute approximate surface area is 179 Å². The van der Waals surface area contributed by atoms with Gasteiger partial charge in [-0.15, -0.1) is 0 Å². The van der Waals surface area contributed by atoms with Crippen LogP contribution in [0.2, 0.25) is 0 Å². The number of rotatable bonds is 7. The Bertz CT molecular complexity index is 1030. The van der Waals surface area contributed by atoms with Crippen molar-refractivity contribution in [2.75, 3.05) is 0 Å². The molecule has 3 atom stereocenters. The summed E-state index contributed by atoms with van der Waals surface area (Å²) in [5.41, 5.74) is 0.891. The Hall–Kier alpha value is -2.53. The Morgan fingerprint density at radius 1 is 1.10 bits per heavy atom. The minimum Gasteiger partial charge on any atom is -0.489 e. The first-order valence-corrected chi connectivity index (χ1v) is 11.4. The van der Waals surface area contributed by atoms with Crippen molar-refractivity contribution in [2.24, 2.45) is 0 Å². The second-order valence-corrected chi connectivity index (χ2v) is 9.56. The first-order valence-electron chi connectivity index (χ1n) is 9.91. The molecule has 8 nitrogen and oxygen atoms in total. The summed E-state index contributed by atoms with van der Waals surface area (Å²) in [7, 11) is -4.06. The first-order chi connectivity index (χ1) is 14.8. The monoisotopic (exact) mass is 450 g/mol. The van der Waals surface area contributed by atoms with Crippen molar-refractivity contribution in [1.29, 1.82) is 0 Å². The van der Waals surface area contributed by atoms with E-state index in [0.29, 0.717) is 5.75 Å². The van der Waals surface area contributed by atoms with Crippen LogP contribution in [0.1, 0.15) is 31.2 Å². The number of ether oxygens (including phenoxy) is 2. The normalized spacial score (nSPS) is 25.2. The van der Waals surface area contributed by atoms with Gasteiger partial charge in [-0.05, 0) is 54.8 Å². The van der Waals surface area contributed by atoms with Gasteiger partial charge < -0.3 is 9.47 Å². The maximum atomic E-state index is 13.0. The summed E-state index contributed by atoms with van der Waals surface area (Å²) in [5.74, 6) is -0.693. The topological polar surface area (TPSA) is 114 Å². The largest absolute Gasteiger partial charge is 0.489 e. The Balaban J connectivity index is 1.47. The number of carbonyl (C=O) groups excluding carboxylic acids is 1. The van der Waals surface area contributed by atoms with Crippen LogP contribution in [-0.2, 0) is 26.2 Å². The van der Waals surface area contributed by atoms with Gasteiger partial charge in [-0.25, -0.2) is 18.3 Å². The van der Waals surface area contributed by atoms with Crippen molar-refractivity contribution < 1.29 is 32.3 Å². The third kappa shape index (κ3) is 4.72. The predicted molar refractivity (Wildman–Crippen MR) is 107 cm³/mol. The molecule has 10 heteroatoms. The van der Waals surface area contributed by atoms with Crippen LogP contribution in [0.4, 0.5) is 4.39 Å². The van der Waals surface area contributed by atoms with Crippen LogP contribution in [0, 0.1) is 5.82 Å². The first kappa shape index (κ1) is 21.7. The highest BCUT2D eigenvalue weighted by Gasteiger charge is 2.51. The van der Waals surface area contributed by atoms with E-state index in [1.54, 1.807) is 17.6 Å². The minimum absolute atomic E-state index is 0.0365. The molecule has 0 aliphatic carbocycles. The summed E-state index contributed by atoms with van der Waals surface area (Å²) in [6.45, 7) is 0.202. The highest BCUT2D eigenvalue weighted by Crippen LogP contribution is 2.39. The number of benzene rings is 2. The SMILES string of the molecule is O=C(NO)[C@@]1(NS(=O)(=O)c2ccc(OCc3ccc(F)cc3)cc2)C[C@H]2CC[C@@H](C1)O2. The maximum absolute atomic E-state index is 13.0. The lowest BCUT2D eigenvalue weighted by Gasteiger charge is -2.38.